The van der Waals surface area contributed by atoms with E-state index in [1.807, 2.05) is 42.7 Å². The summed E-state index contributed by atoms with van der Waals surface area (Å²) in [5, 5.41) is 13.3. The number of carbonyl (C=O) groups excluding carboxylic acids is 1. The van der Waals surface area contributed by atoms with Gasteiger partial charge in [-0.15, -0.1) is 0 Å². The molecule has 252 valence electrons. The molecule has 8 nitrogen and oxygen atoms in total. The van der Waals surface area contributed by atoms with Crippen LogP contribution in [0.2, 0.25) is 0 Å². The molecule has 3 aliphatic rings. The number of para-hydroxylation sites is 2. The van der Waals surface area contributed by atoms with E-state index in [1.54, 1.807) is 12.1 Å². The molecule has 2 N–H and O–H groups in total. The van der Waals surface area contributed by atoms with Crippen molar-refractivity contribution >= 4 is 22.8 Å². The van der Waals surface area contributed by atoms with Crippen molar-refractivity contribution < 1.29 is 14.6 Å². The number of esters is 1. The van der Waals surface area contributed by atoms with E-state index in [2.05, 4.69) is 31.0 Å². The number of aromatic hydroxyl groups is 1. The second kappa shape index (κ2) is 17.0. The normalized spacial score (nSPS) is 21.8. The molecular formula is C38H56N4O4. The van der Waals surface area contributed by atoms with Crippen LogP contribution in [-0.2, 0) is 11.3 Å². The number of anilines is 1. The minimum absolute atomic E-state index is 0.0946. The molecule has 2 aromatic carbocycles. The molecule has 0 spiro atoms. The molecule has 1 saturated carbocycles. The van der Waals surface area contributed by atoms with Gasteiger partial charge < -0.3 is 19.7 Å². The Morgan fingerprint density at radius 2 is 1.52 bits per heavy atom. The third kappa shape index (κ3) is 8.49. The summed E-state index contributed by atoms with van der Waals surface area (Å²) in [6, 6.07) is 14.6. The summed E-state index contributed by atoms with van der Waals surface area (Å²) in [5.74, 6) is 0.397. The molecule has 0 radical (unpaired) electrons. The molecule has 3 aromatic rings. The van der Waals surface area contributed by atoms with Crippen LogP contribution in [-0.4, -0.2) is 50.8 Å². The number of nitrogens with one attached hydrogen (secondary N) is 1. The summed E-state index contributed by atoms with van der Waals surface area (Å²) in [6.45, 7) is 10.8. The van der Waals surface area contributed by atoms with Gasteiger partial charge in [0.05, 0.1) is 18.1 Å². The van der Waals surface area contributed by atoms with Crippen molar-refractivity contribution in [2.24, 2.45) is 5.92 Å². The van der Waals surface area contributed by atoms with E-state index in [-0.39, 0.29) is 29.5 Å². The Labute approximate surface area is 275 Å². The Morgan fingerprint density at radius 3 is 2.15 bits per heavy atom. The fourth-order valence-corrected chi connectivity index (χ4v) is 7.51. The van der Waals surface area contributed by atoms with Gasteiger partial charge in [0.25, 0.3) is 5.56 Å². The van der Waals surface area contributed by atoms with Gasteiger partial charge in [-0.2, -0.15) is 0 Å². The molecule has 3 heterocycles. The fourth-order valence-electron chi connectivity index (χ4n) is 7.51. The van der Waals surface area contributed by atoms with Crippen LogP contribution < -0.4 is 10.9 Å². The standard InChI is InChI=1S/C32H40N4O4.C4H10.C2H6/c1-40-32(39)26-17-21(13-16-29(26)37)20-33-30-31(38)36(28-12-8-7-11-27(28)34-30)25-18-23-14-15-24(19-25)35(23)22-9-5-3-2-4-6-10-22;1-4(2)3;1-2/h7-8,11-13,16-17,22-25,37H,2-6,9-10,14-15,18-20H2,1H3,(H,33,34);4H,1-3H3;1-2H3/t23-,24?,25?;;/m0../s1. The molecule has 6 rings (SSSR count). The average molecular weight is 633 g/mol. The number of ether oxygens (including phenoxy) is 1. The number of phenolic OH excluding ortho intramolecular Hbond substituents is 1. The lowest BCUT2D eigenvalue weighted by Gasteiger charge is -2.45. The zero-order valence-corrected chi connectivity index (χ0v) is 28.9. The molecule has 46 heavy (non-hydrogen) atoms. The Kier molecular flexibility index (Phi) is 13.1. The highest BCUT2D eigenvalue weighted by Gasteiger charge is 2.44. The molecular weight excluding hydrogens is 576 g/mol. The third-order valence-electron chi connectivity index (χ3n) is 9.35. The lowest BCUT2D eigenvalue weighted by molar-refractivity contribution is 0.0498. The summed E-state index contributed by atoms with van der Waals surface area (Å²) >= 11 is 0. The highest BCUT2D eigenvalue weighted by molar-refractivity contribution is 5.92. The molecule has 8 heteroatoms. The number of nitrogens with zero attached hydrogens (tertiary/aromatic N) is 3. The van der Waals surface area contributed by atoms with Gasteiger partial charge in [0.1, 0.15) is 11.3 Å². The van der Waals surface area contributed by atoms with Crippen LogP contribution >= 0.6 is 0 Å². The summed E-state index contributed by atoms with van der Waals surface area (Å²) < 4.78 is 6.78. The minimum Gasteiger partial charge on any atom is -0.507 e. The maximum Gasteiger partial charge on any atom is 0.341 e. The van der Waals surface area contributed by atoms with Crippen molar-refractivity contribution in [3.05, 3.63) is 63.9 Å². The number of hydrogen-bond acceptors (Lipinski definition) is 7. The molecule has 1 aromatic heterocycles. The number of rotatable bonds is 6. The van der Waals surface area contributed by atoms with Crippen LogP contribution in [0.5, 0.6) is 5.75 Å². The summed E-state index contributed by atoms with van der Waals surface area (Å²) in [4.78, 5) is 33.6. The summed E-state index contributed by atoms with van der Waals surface area (Å²) in [6.07, 6.45) is 13.9. The number of carbonyl (C=O) groups is 1. The van der Waals surface area contributed by atoms with E-state index < -0.39 is 5.97 Å². The molecule has 3 atom stereocenters. The third-order valence-corrected chi connectivity index (χ3v) is 9.35. The number of aromatic nitrogens is 2. The molecule has 0 amide bonds. The van der Waals surface area contributed by atoms with Crippen LogP contribution in [0.1, 0.15) is 127 Å². The maximum atomic E-state index is 14.0. The van der Waals surface area contributed by atoms with E-state index in [0.29, 0.717) is 23.9 Å². The van der Waals surface area contributed by atoms with Gasteiger partial charge in [0.15, 0.2) is 5.82 Å². The van der Waals surface area contributed by atoms with Gasteiger partial charge >= 0.3 is 5.97 Å². The summed E-state index contributed by atoms with van der Waals surface area (Å²) in [7, 11) is 1.28. The molecule has 2 bridgehead atoms. The van der Waals surface area contributed by atoms with Crippen molar-refractivity contribution in [2.45, 2.75) is 136 Å². The lowest BCUT2D eigenvalue weighted by atomic mass is 9.89. The van der Waals surface area contributed by atoms with Crippen molar-refractivity contribution in [3.63, 3.8) is 0 Å². The number of piperidine rings is 1. The Bertz CT molecular complexity index is 1460. The van der Waals surface area contributed by atoms with Crippen molar-refractivity contribution in [1.29, 1.82) is 0 Å². The first kappa shape index (κ1) is 35.5. The second-order valence-corrected chi connectivity index (χ2v) is 13.5. The maximum absolute atomic E-state index is 14.0. The van der Waals surface area contributed by atoms with Crippen LogP contribution in [0.25, 0.3) is 11.0 Å². The largest absolute Gasteiger partial charge is 0.507 e. The predicted molar refractivity (Wildman–Crippen MR) is 188 cm³/mol. The van der Waals surface area contributed by atoms with E-state index >= 15 is 0 Å². The highest BCUT2D eigenvalue weighted by atomic mass is 16.5. The van der Waals surface area contributed by atoms with E-state index in [0.717, 1.165) is 35.4 Å². The number of benzene rings is 2. The second-order valence-electron chi connectivity index (χ2n) is 13.5. The topological polar surface area (TPSA) is 96.7 Å². The van der Waals surface area contributed by atoms with E-state index in [1.165, 1.54) is 71.0 Å². The summed E-state index contributed by atoms with van der Waals surface area (Å²) in [5.41, 5.74) is 2.41. The van der Waals surface area contributed by atoms with Crippen LogP contribution in [0.15, 0.2) is 47.3 Å². The molecule has 2 unspecified atom stereocenters. The number of hydrogen-bond donors (Lipinski definition) is 2. The van der Waals surface area contributed by atoms with Gasteiger partial charge in [-0.3, -0.25) is 9.69 Å². The van der Waals surface area contributed by atoms with Crippen molar-refractivity contribution in [3.8, 4) is 5.75 Å². The first-order valence-corrected chi connectivity index (χ1v) is 17.7. The van der Waals surface area contributed by atoms with Crippen LogP contribution in [0.3, 0.4) is 0 Å². The lowest BCUT2D eigenvalue weighted by Crippen LogP contribution is -2.50. The quantitative estimate of drug-likeness (QED) is 0.263. The zero-order valence-electron chi connectivity index (χ0n) is 28.9. The van der Waals surface area contributed by atoms with E-state index in [9.17, 15) is 14.7 Å². The van der Waals surface area contributed by atoms with Crippen LogP contribution in [0.4, 0.5) is 5.82 Å². The van der Waals surface area contributed by atoms with Gasteiger partial charge in [-0.1, -0.05) is 84.9 Å². The Balaban J connectivity index is 0.000000744. The smallest absolute Gasteiger partial charge is 0.341 e. The predicted octanol–water partition coefficient (Wildman–Crippen LogP) is 8.47. The zero-order chi connectivity index (χ0) is 33.2. The van der Waals surface area contributed by atoms with Gasteiger partial charge in [0.2, 0.25) is 0 Å². The SMILES string of the molecule is CC.CC(C)C.COC(=O)c1cc(CNc2nc3ccccc3n(C3CC4CC[C@@H](C3)N4C3CCCCCCC3)c2=O)ccc1O. The van der Waals surface area contributed by atoms with Crippen LogP contribution in [0, 0.1) is 5.92 Å². The number of fused-ring (bicyclic) bond motifs is 3. The highest BCUT2D eigenvalue weighted by Crippen LogP contribution is 2.44. The monoisotopic (exact) mass is 632 g/mol. The molecule has 2 aliphatic heterocycles. The van der Waals surface area contributed by atoms with Gasteiger partial charge in [0, 0.05) is 30.7 Å². The van der Waals surface area contributed by atoms with Crippen molar-refractivity contribution in [2.75, 3.05) is 12.4 Å². The first-order valence-electron chi connectivity index (χ1n) is 17.7. The van der Waals surface area contributed by atoms with E-state index in [4.69, 9.17) is 9.72 Å². The van der Waals surface area contributed by atoms with Gasteiger partial charge in [-0.25, -0.2) is 9.78 Å². The molecule has 3 fully saturated rings. The minimum atomic E-state index is -0.606. The molecule has 1 aliphatic carbocycles. The van der Waals surface area contributed by atoms with Crippen molar-refractivity contribution in [1.82, 2.24) is 14.5 Å². The molecule has 2 saturated heterocycles. The fraction of sp³-hybridized carbons (Fsp3) is 0.605. The number of methoxy groups -OCH3 is 1. The van der Waals surface area contributed by atoms with Gasteiger partial charge in [-0.05, 0) is 74.3 Å². The average Bonchev–Trinajstić information content (AvgIpc) is 3.29. The number of phenols is 1. The Morgan fingerprint density at radius 1 is 0.913 bits per heavy atom. The first-order chi connectivity index (χ1) is 22.3. The Hall–Kier alpha value is -3.39.